The molecule has 0 spiro atoms. The monoisotopic (exact) mass is 322 g/mol. The van der Waals surface area contributed by atoms with E-state index in [0.717, 1.165) is 37.7 Å². The van der Waals surface area contributed by atoms with Gasteiger partial charge in [0.15, 0.2) is 0 Å². The number of carbonyl (C=O) groups is 1. The van der Waals surface area contributed by atoms with Gasteiger partial charge in [-0.2, -0.15) is 11.8 Å². The Morgan fingerprint density at radius 1 is 1.18 bits per heavy atom. The predicted octanol–water partition coefficient (Wildman–Crippen LogP) is 2.73. The summed E-state index contributed by atoms with van der Waals surface area (Å²) >= 11 is 1.75. The molecule has 122 valence electrons. The first-order chi connectivity index (χ1) is 10.6. The van der Waals surface area contributed by atoms with Crippen LogP contribution in [0.3, 0.4) is 0 Å². The van der Waals surface area contributed by atoms with E-state index >= 15 is 0 Å². The minimum Gasteiger partial charge on any atom is -0.497 e. The van der Waals surface area contributed by atoms with Crippen LogP contribution in [0.15, 0.2) is 24.3 Å². The van der Waals surface area contributed by atoms with Gasteiger partial charge in [-0.25, -0.2) is 0 Å². The van der Waals surface area contributed by atoms with Gasteiger partial charge in [0.25, 0.3) is 0 Å². The van der Waals surface area contributed by atoms with Crippen LogP contribution in [0.1, 0.15) is 13.8 Å². The van der Waals surface area contributed by atoms with Gasteiger partial charge in [0.2, 0.25) is 5.91 Å². The number of benzene rings is 1. The normalized spacial score (nSPS) is 15.3. The molecular formula is C17H26N2O2S. The van der Waals surface area contributed by atoms with Crippen molar-refractivity contribution >= 4 is 23.4 Å². The number of thioether (sulfide) groups is 1. The molecule has 1 aliphatic heterocycles. The van der Waals surface area contributed by atoms with Crippen molar-refractivity contribution in [2.75, 3.05) is 49.7 Å². The van der Waals surface area contributed by atoms with E-state index in [1.165, 1.54) is 5.69 Å². The fraction of sp³-hybridized carbons (Fsp3) is 0.588. The average Bonchev–Trinajstić information content (AvgIpc) is 2.54. The summed E-state index contributed by atoms with van der Waals surface area (Å²) in [6.07, 6.45) is 0. The topological polar surface area (TPSA) is 32.8 Å². The molecule has 0 radical (unpaired) electrons. The summed E-state index contributed by atoms with van der Waals surface area (Å²) in [6.45, 7) is 7.79. The van der Waals surface area contributed by atoms with Crippen LogP contribution < -0.4 is 9.64 Å². The Labute approximate surface area is 137 Å². The molecule has 0 unspecified atom stereocenters. The molecule has 0 saturated carbocycles. The number of methoxy groups -OCH3 is 1. The van der Waals surface area contributed by atoms with Crippen molar-refractivity contribution in [3.8, 4) is 5.75 Å². The second-order valence-corrected chi connectivity index (χ2v) is 7.01. The number of anilines is 1. The van der Waals surface area contributed by atoms with Crippen LogP contribution in [-0.2, 0) is 4.79 Å². The highest BCUT2D eigenvalue weighted by atomic mass is 32.2. The summed E-state index contributed by atoms with van der Waals surface area (Å²) < 4.78 is 5.19. The molecule has 1 aliphatic rings. The lowest BCUT2D eigenvalue weighted by molar-refractivity contribution is -0.128. The number of hydrogen-bond acceptors (Lipinski definition) is 4. The molecule has 1 aromatic carbocycles. The van der Waals surface area contributed by atoms with Crippen LogP contribution in [0, 0.1) is 5.92 Å². The van der Waals surface area contributed by atoms with E-state index in [9.17, 15) is 4.79 Å². The summed E-state index contributed by atoms with van der Waals surface area (Å²) in [5, 5.41) is 0. The summed E-state index contributed by atoms with van der Waals surface area (Å²) in [4.78, 5) is 16.5. The first kappa shape index (κ1) is 17.0. The lowest BCUT2D eigenvalue weighted by atomic mass is 10.2. The Bertz CT molecular complexity index is 468. The number of carbonyl (C=O) groups excluding carboxylic acids is 1. The van der Waals surface area contributed by atoms with Gasteiger partial charge in [-0.1, -0.05) is 13.8 Å². The fourth-order valence-corrected chi connectivity index (χ4v) is 3.43. The largest absolute Gasteiger partial charge is 0.497 e. The molecule has 0 bridgehead atoms. The Kier molecular flexibility index (Phi) is 6.43. The van der Waals surface area contributed by atoms with Gasteiger partial charge in [-0.15, -0.1) is 0 Å². The highest BCUT2D eigenvalue weighted by Gasteiger charge is 2.21. The minimum absolute atomic E-state index is 0.278. The number of nitrogens with zero attached hydrogens (tertiary/aromatic N) is 2. The number of hydrogen-bond donors (Lipinski definition) is 0. The highest BCUT2D eigenvalue weighted by Crippen LogP contribution is 2.20. The number of ether oxygens (including phenoxy) is 1. The molecular weight excluding hydrogens is 296 g/mol. The van der Waals surface area contributed by atoms with Gasteiger partial charge in [-0.05, 0) is 35.9 Å². The Morgan fingerprint density at radius 2 is 1.82 bits per heavy atom. The third kappa shape index (κ3) is 4.83. The molecule has 22 heavy (non-hydrogen) atoms. The second kappa shape index (κ2) is 8.32. The molecule has 0 aromatic heterocycles. The van der Waals surface area contributed by atoms with Gasteiger partial charge in [0, 0.05) is 31.9 Å². The van der Waals surface area contributed by atoms with Crippen molar-refractivity contribution in [3.05, 3.63) is 24.3 Å². The zero-order valence-electron chi connectivity index (χ0n) is 13.7. The summed E-state index contributed by atoms with van der Waals surface area (Å²) in [5.41, 5.74) is 1.20. The van der Waals surface area contributed by atoms with Crippen molar-refractivity contribution < 1.29 is 9.53 Å². The van der Waals surface area contributed by atoms with Crippen LogP contribution in [0.4, 0.5) is 5.69 Å². The van der Waals surface area contributed by atoms with Gasteiger partial charge in [0.05, 0.1) is 12.9 Å². The second-order valence-electron chi connectivity index (χ2n) is 5.97. The summed E-state index contributed by atoms with van der Waals surface area (Å²) in [6, 6.07) is 8.12. The maximum Gasteiger partial charge on any atom is 0.232 e. The van der Waals surface area contributed by atoms with E-state index in [-0.39, 0.29) is 5.91 Å². The van der Waals surface area contributed by atoms with Crippen molar-refractivity contribution in [2.24, 2.45) is 5.92 Å². The fourth-order valence-electron chi connectivity index (χ4n) is 2.48. The van der Waals surface area contributed by atoms with E-state index < -0.39 is 0 Å². The van der Waals surface area contributed by atoms with Crippen LogP contribution in [0.5, 0.6) is 5.75 Å². The van der Waals surface area contributed by atoms with Crippen molar-refractivity contribution in [1.82, 2.24) is 4.90 Å². The number of rotatable bonds is 6. The molecule has 1 aromatic rings. The standard InChI is InChI=1S/C17H26N2O2S/c1-14(2)12-22-13-17(20)19-10-8-18(9-11-19)15-4-6-16(21-3)7-5-15/h4-7,14H,8-13H2,1-3H3. The van der Waals surface area contributed by atoms with Crippen LogP contribution in [-0.4, -0.2) is 55.6 Å². The third-order valence-corrected chi connectivity index (χ3v) is 5.10. The Morgan fingerprint density at radius 3 is 2.36 bits per heavy atom. The molecule has 1 saturated heterocycles. The lowest BCUT2D eigenvalue weighted by Gasteiger charge is -2.36. The summed E-state index contributed by atoms with van der Waals surface area (Å²) in [5.74, 6) is 3.46. The van der Waals surface area contributed by atoms with Crippen molar-refractivity contribution in [1.29, 1.82) is 0 Å². The molecule has 0 atom stereocenters. The van der Waals surface area contributed by atoms with E-state index in [1.807, 2.05) is 17.0 Å². The minimum atomic E-state index is 0.278. The zero-order chi connectivity index (χ0) is 15.9. The van der Waals surface area contributed by atoms with E-state index in [1.54, 1.807) is 18.9 Å². The Balaban J connectivity index is 1.78. The van der Waals surface area contributed by atoms with Crippen molar-refractivity contribution in [2.45, 2.75) is 13.8 Å². The van der Waals surface area contributed by atoms with Crippen LogP contribution in [0.2, 0.25) is 0 Å². The molecule has 0 N–H and O–H groups in total. The maximum absolute atomic E-state index is 12.2. The Hall–Kier alpha value is -1.36. The predicted molar refractivity (Wildman–Crippen MR) is 94.0 cm³/mol. The van der Waals surface area contributed by atoms with E-state index in [2.05, 4.69) is 30.9 Å². The molecule has 1 fully saturated rings. The highest BCUT2D eigenvalue weighted by molar-refractivity contribution is 7.99. The quantitative estimate of drug-likeness (QED) is 0.806. The zero-order valence-corrected chi connectivity index (χ0v) is 14.6. The number of piperazine rings is 1. The van der Waals surface area contributed by atoms with Crippen LogP contribution >= 0.6 is 11.8 Å². The lowest BCUT2D eigenvalue weighted by Crippen LogP contribution is -2.49. The first-order valence-corrected chi connectivity index (χ1v) is 9.00. The molecule has 4 nitrogen and oxygen atoms in total. The van der Waals surface area contributed by atoms with Gasteiger partial charge < -0.3 is 14.5 Å². The molecule has 2 rings (SSSR count). The maximum atomic E-state index is 12.2. The molecule has 5 heteroatoms. The van der Waals surface area contributed by atoms with Gasteiger partial charge in [0.1, 0.15) is 5.75 Å². The van der Waals surface area contributed by atoms with E-state index in [4.69, 9.17) is 4.74 Å². The van der Waals surface area contributed by atoms with Gasteiger partial charge >= 0.3 is 0 Å². The molecule has 0 aliphatic carbocycles. The average molecular weight is 322 g/mol. The van der Waals surface area contributed by atoms with Crippen molar-refractivity contribution in [3.63, 3.8) is 0 Å². The van der Waals surface area contributed by atoms with E-state index in [0.29, 0.717) is 11.7 Å². The first-order valence-electron chi connectivity index (χ1n) is 7.84. The SMILES string of the molecule is COc1ccc(N2CCN(C(=O)CSCC(C)C)CC2)cc1. The molecule has 1 heterocycles. The van der Waals surface area contributed by atoms with Crippen LogP contribution in [0.25, 0.3) is 0 Å². The summed E-state index contributed by atoms with van der Waals surface area (Å²) in [7, 11) is 1.68. The van der Waals surface area contributed by atoms with Gasteiger partial charge in [-0.3, -0.25) is 4.79 Å². The molecule has 1 amide bonds. The number of amides is 1. The smallest absolute Gasteiger partial charge is 0.232 e. The third-order valence-electron chi connectivity index (χ3n) is 3.75.